The van der Waals surface area contributed by atoms with Crippen LogP contribution in [-0.4, -0.2) is 21.2 Å². The van der Waals surface area contributed by atoms with Gasteiger partial charge >= 0.3 is 5.97 Å². The molecule has 1 aromatic heterocycles. The van der Waals surface area contributed by atoms with Gasteiger partial charge in [0.15, 0.2) is 6.10 Å². The quantitative estimate of drug-likeness (QED) is 0.846. The minimum Gasteiger partial charge on any atom is -0.479 e. The largest absolute Gasteiger partial charge is 0.479 e. The molecule has 1 unspecified atom stereocenters. The predicted molar refractivity (Wildman–Crippen MR) is 63.7 cm³/mol. The third-order valence-electron chi connectivity index (χ3n) is 2.80. The van der Waals surface area contributed by atoms with Crippen molar-refractivity contribution >= 4 is 16.7 Å². The number of carbonyl (C=O) groups is 1. The van der Waals surface area contributed by atoms with Crippen molar-refractivity contribution in [2.24, 2.45) is 0 Å². The van der Waals surface area contributed by atoms with Crippen molar-refractivity contribution in [3.8, 4) is 0 Å². The first-order valence-corrected chi connectivity index (χ1v) is 5.41. The van der Waals surface area contributed by atoms with Crippen LogP contribution in [0, 0.1) is 0 Å². The number of aromatic nitrogens is 1. The first-order valence-electron chi connectivity index (χ1n) is 5.41. The first-order chi connectivity index (χ1) is 8.13. The van der Waals surface area contributed by atoms with E-state index in [-0.39, 0.29) is 0 Å². The number of fused-ring (bicyclic) bond motifs is 1. The molecule has 1 heterocycles. The fourth-order valence-electron chi connectivity index (χ4n) is 1.85. The number of hydrogen-bond donors (Lipinski definition) is 2. The number of carboxylic acid groups (broad SMARTS) is 1. The Morgan fingerprint density at radius 1 is 1.41 bits per heavy atom. The molecule has 0 spiro atoms. The summed E-state index contributed by atoms with van der Waals surface area (Å²) in [6, 6.07) is 5.14. The van der Waals surface area contributed by atoms with Crippen LogP contribution in [0.2, 0.25) is 0 Å². The number of benzene rings is 1. The second-order valence-corrected chi connectivity index (χ2v) is 3.87. The van der Waals surface area contributed by atoms with E-state index in [0.717, 1.165) is 22.8 Å². The van der Waals surface area contributed by atoms with Crippen molar-refractivity contribution in [3.05, 3.63) is 41.7 Å². The highest BCUT2D eigenvalue weighted by atomic mass is 16.4. The molecular formula is C13H13NO3. The molecule has 0 bridgehead atoms. The van der Waals surface area contributed by atoms with Gasteiger partial charge in [0.25, 0.3) is 0 Å². The standard InChI is InChI=1S/C13H13NO3/c1-2-8-6-14-7-10-5-9(3-4-11(8)10)12(15)13(16)17/h3-7,12,15H,2H2,1H3,(H,16,17). The second kappa shape index (κ2) is 4.51. The molecule has 0 aliphatic carbocycles. The van der Waals surface area contributed by atoms with Gasteiger partial charge in [-0.05, 0) is 29.0 Å². The molecule has 2 N–H and O–H groups in total. The Morgan fingerprint density at radius 2 is 2.18 bits per heavy atom. The number of aliphatic hydroxyl groups is 1. The Kier molecular flexibility index (Phi) is 3.06. The van der Waals surface area contributed by atoms with Gasteiger partial charge in [0.05, 0.1) is 0 Å². The summed E-state index contributed by atoms with van der Waals surface area (Å²) < 4.78 is 0. The lowest BCUT2D eigenvalue weighted by molar-refractivity contribution is -0.146. The van der Waals surface area contributed by atoms with Crippen molar-refractivity contribution in [2.45, 2.75) is 19.4 Å². The maximum atomic E-state index is 10.7. The van der Waals surface area contributed by atoms with Crippen molar-refractivity contribution in [3.63, 3.8) is 0 Å². The molecule has 1 aromatic carbocycles. The second-order valence-electron chi connectivity index (χ2n) is 3.87. The third kappa shape index (κ3) is 2.12. The van der Waals surface area contributed by atoms with Crippen molar-refractivity contribution in [2.75, 3.05) is 0 Å². The lowest BCUT2D eigenvalue weighted by Gasteiger charge is -2.08. The number of aliphatic carboxylic acids is 1. The SMILES string of the molecule is CCc1cncc2cc(C(O)C(=O)O)ccc12. The van der Waals surface area contributed by atoms with Crippen LogP contribution in [-0.2, 0) is 11.2 Å². The summed E-state index contributed by atoms with van der Waals surface area (Å²) in [5.74, 6) is -1.25. The molecule has 88 valence electrons. The summed E-state index contributed by atoms with van der Waals surface area (Å²) >= 11 is 0. The molecule has 0 saturated heterocycles. The molecular weight excluding hydrogens is 218 g/mol. The summed E-state index contributed by atoms with van der Waals surface area (Å²) in [4.78, 5) is 14.8. The maximum absolute atomic E-state index is 10.7. The van der Waals surface area contributed by atoms with E-state index in [1.165, 1.54) is 0 Å². The Hall–Kier alpha value is -1.94. The topological polar surface area (TPSA) is 70.4 Å². The van der Waals surface area contributed by atoms with Crippen LogP contribution in [0.4, 0.5) is 0 Å². The van der Waals surface area contributed by atoms with Crippen LogP contribution in [0.5, 0.6) is 0 Å². The van der Waals surface area contributed by atoms with Crippen molar-refractivity contribution in [1.29, 1.82) is 0 Å². The van der Waals surface area contributed by atoms with Crippen molar-refractivity contribution in [1.82, 2.24) is 4.98 Å². The number of pyridine rings is 1. The third-order valence-corrected chi connectivity index (χ3v) is 2.80. The molecule has 2 aromatic rings. The summed E-state index contributed by atoms with van der Waals surface area (Å²) in [7, 11) is 0. The molecule has 4 nitrogen and oxygen atoms in total. The van der Waals surface area contributed by atoms with E-state index in [0.29, 0.717) is 5.56 Å². The number of hydrogen-bond acceptors (Lipinski definition) is 3. The number of aliphatic hydroxyl groups excluding tert-OH is 1. The van der Waals surface area contributed by atoms with Crippen LogP contribution in [0.1, 0.15) is 24.2 Å². The minimum atomic E-state index is -1.48. The van der Waals surface area contributed by atoms with Gasteiger partial charge in [-0.3, -0.25) is 4.98 Å². The summed E-state index contributed by atoms with van der Waals surface area (Å²) in [6.07, 6.45) is 2.86. The Labute approximate surface area is 98.5 Å². The molecule has 0 radical (unpaired) electrons. The molecule has 2 rings (SSSR count). The number of aryl methyl sites for hydroxylation is 1. The molecule has 0 aliphatic rings. The van der Waals surface area contributed by atoms with Gasteiger partial charge in [-0.15, -0.1) is 0 Å². The highest BCUT2D eigenvalue weighted by Crippen LogP contribution is 2.22. The summed E-state index contributed by atoms with van der Waals surface area (Å²) in [5.41, 5.74) is 1.49. The smallest absolute Gasteiger partial charge is 0.337 e. The average molecular weight is 231 g/mol. The lowest BCUT2D eigenvalue weighted by Crippen LogP contribution is -2.10. The first kappa shape index (κ1) is 11.5. The molecule has 0 aliphatic heterocycles. The average Bonchev–Trinajstić information content (AvgIpc) is 2.36. The zero-order valence-corrected chi connectivity index (χ0v) is 9.42. The van der Waals surface area contributed by atoms with E-state index < -0.39 is 12.1 Å². The van der Waals surface area contributed by atoms with Gasteiger partial charge in [0.1, 0.15) is 0 Å². The molecule has 17 heavy (non-hydrogen) atoms. The van der Waals surface area contributed by atoms with Gasteiger partial charge in [0, 0.05) is 17.8 Å². The highest BCUT2D eigenvalue weighted by Gasteiger charge is 2.16. The summed E-state index contributed by atoms with van der Waals surface area (Å²) in [6.45, 7) is 2.04. The molecule has 0 saturated carbocycles. The number of rotatable bonds is 3. The van der Waals surface area contributed by atoms with E-state index in [1.54, 1.807) is 24.5 Å². The Balaban J connectivity index is 2.55. The predicted octanol–water partition coefficient (Wildman–Crippen LogP) is 1.92. The zero-order chi connectivity index (χ0) is 12.4. The van der Waals surface area contributed by atoms with Gasteiger partial charge in [-0.25, -0.2) is 4.79 Å². The maximum Gasteiger partial charge on any atom is 0.337 e. The van der Waals surface area contributed by atoms with Gasteiger partial charge < -0.3 is 10.2 Å². The summed E-state index contributed by atoms with van der Waals surface area (Å²) in [5, 5.41) is 20.1. The van der Waals surface area contributed by atoms with Gasteiger partial charge in [-0.1, -0.05) is 19.1 Å². The van der Waals surface area contributed by atoms with E-state index in [1.807, 2.05) is 13.0 Å². The van der Waals surface area contributed by atoms with E-state index >= 15 is 0 Å². The zero-order valence-electron chi connectivity index (χ0n) is 9.42. The normalized spacial score (nSPS) is 12.6. The van der Waals surface area contributed by atoms with Crippen LogP contribution >= 0.6 is 0 Å². The van der Waals surface area contributed by atoms with E-state index in [9.17, 15) is 9.90 Å². The van der Waals surface area contributed by atoms with Gasteiger partial charge in [-0.2, -0.15) is 0 Å². The van der Waals surface area contributed by atoms with Crippen LogP contribution in [0.25, 0.3) is 10.8 Å². The van der Waals surface area contributed by atoms with Crippen LogP contribution in [0.15, 0.2) is 30.6 Å². The molecule has 4 heteroatoms. The van der Waals surface area contributed by atoms with E-state index in [2.05, 4.69) is 4.98 Å². The molecule has 0 amide bonds. The molecule has 0 fully saturated rings. The monoisotopic (exact) mass is 231 g/mol. The highest BCUT2D eigenvalue weighted by molar-refractivity contribution is 5.86. The van der Waals surface area contributed by atoms with Crippen LogP contribution in [0.3, 0.4) is 0 Å². The van der Waals surface area contributed by atoms with Crippen LogP contribution < -0.4 is 0 Å². The minimum absolute atomic E-state index is 0.375. The molecule has 1 atom stereocenters. The Morgan fingerprint density at radius 3 is 2.82 bits per heavy atom. The number of nitrogens with zero attached hydrogens (tertiary/aromatic N) is 1. The number of carboxylic acids is 1. The Bertz CT molecular complexity index is 566. The fourth-order valence-corrected chi connectivity index (χ4v) is 1.85. The fraction of sp³-hybridized carbons (Fsp3) is 0.231. The van der Waals surface area contributed by atoms with E-state index in [4.69, 9.17) is 5.11 Å². The van der Waals surface area contributed by atoms with Crippen molar-refractivity contribution < 1.29 is 15.0 Å². The lowest BCUT2D eigenvalue weighted by atomic mass is 10.0. The van der Waals surface area contributed by atoms with Gasteiger partial charge in [0.2, 0.25) is 0 Å².